The molecule has 2 aromatic carbocycles. The molecular formula is C22H24N4O2. The Labute approximate surface area is 164 Å². The van der Waals surface area contributed by atoms with Crippen molar-refractivity contribution in [3.63, 3.8) is 0 Å². The molecule has 0 aliphatic carbocycles. The van der Waals surface area contributed by atoms with Gasteiger partial charge in [0.15, 0.2) is 0 Å². The highest BCUT2D eigenvalue weighted by Gasteiger charge is 2.23. The van der Waals surface area contributed by atoms with Gasteiger partial charge in [-0.25, -0.2) is 0 Å². The van der Waals surface area contributed by atoms with Gasteiger partial charge in [-0.2, -0.15) is 4.98 Å². The number of nitrogens with zero attached hydrogens (tertiary/aromatic N) is 3. The zero-order chi connectivity index (χ0) is 19.2. The molecule has 144 valence electrons. The van der Waals surface area contributed by atoms with Crippen molar-refractivity contribution >= 4 is 11.6 Å². The molecule has 1 amide bonds. The molecule has 0 spiro atoms. The molecule has 1 unspecified atom stereocenters. The van der Waals surface area contributed by atoms with Gasteiger partial charge < -0.3 is 14.7 Å². The molecule has 1 aliphatic heterocycles. The number of aryl methyl sites for hydroxylation is 1. The summed E-state index contributed by atoms with van der Waals surface area (Å²) in [7, 11) is 0. The number of nitrogens with one attached hydrogen (secondary N) is 1. The van der Waals surface area contributed by atoms with Crippen LogP contribution in [0.5, 0.6) is 0 Å². The topological polar surface area (TPSA) is 71.3 Å². The molecule has 6 nitrogen and oxygen atoms in total. The highest BCUT2D eigenvalue weighted by molar-refractivity contribution is 5.76. The zero-order valence-corrected chi connectivity index (χ0v) is 15.8. The van der Waals surface area contributed by atoms with Crippen LogP contribution in [0.2, 0.25) is 0 Å². The minimum Gasteiger partial charge on any atom is -0.371 e. The van der Waals surface area contributed by atoms with Crippen LogP contribution in [0, 0.1) is 5.92 Å². The summed E-state index contributed by atoms with van der Waals surface area (Å²) in [5.41, 5.74) is 2.16. The fourth-order valence-electron chi connectivity index (χ4n) is 3.50. The first kappa shape index (κ1) is 18.2. The van der Waals surface area contributed by atoms with Crippen molar-refractivity contribution in [1.82, 2.24) is 15.5 Å². The second-order valence-electron chi connectivity index (χ2n) is 7.12. The normalized spacial score (nSPS) is 16.3. The average Bonchev–Trinajstić information content (AvgIpc) is 3.42. The number of hydrogen-bond donors (Lipinski definition) is 1. The van der Waals surface area contributed by atoms with Crippen molar-refractivity contribution in [2.45, 2.75) is 19.3 Å². The Kier molecular flexibility index (Phi) is 5.66. The summed E-state index contributed by atoms with van der Waals surface area (Å²) in [4.78, 5) is 18.9. The van der Waals surface area contributed by atoms with Gasteiger partial charge in [0, 0.05) is 43.7 Å². The summed E-state index contributed by atoms with van der Waals surface area (Å²) in [6.45, 7) is 2.73. The van der Waals surface area contributed by atoms with Crippen LogP contribution < -0.4 is 10.2 Å². The van der Waals surface area contributed by atoms with Gasteiger partial charge >= 0.3 is 0 Å². The summed E-state index contributed by atoms with van der Waals surface area (Å²) in [5.74, 6) is 1.56. The van der Waals surface area contributed by atoms with Crippen molar-refractivity contribution in [3.05, 3.63) is 66.6 Å². The first-order chi connectivity index (χ1) is 13.8. The second-order valence-corrected chi connectivity index (χ2v) is 7.12. The lowest BCUT2D eigenvalue weighted by Crippen LogP contribution is -2.31. The van der Waals surface area contributed by atoms with Crippen LogP contribution in [0.15, 0.2) is 65.2 Å². The number of carbonyl (C=O) groups excluding carboxylic acids is 1. The summed E-state index contributed by atoms with van der Waals surface area (Å²) in [6.07, 6.45) is 1.90. The summed E-state index contributed by atoms with van der Waals surface area (Å²) < 4.78 is 5.26. The molecule has 1 aliphatic rings. The summed E-state index contributed by atoms with van der Waals surface area (Å²) in [6, 6.07) is 20.1. The Morgan fingerprint density at radius 3 is 2.64 bits per heavy atom. The first-order valence-corrected chi connectivity index (χ1v) is 9.72. The molecule has 2 heterocycles. The van der Waals surface area contributed by atoms with E-state index < -0.39 is 0 Å². The zero-order valence-electron chi connectivity index (χ0n) is 15.8. The van der Waals surface area contributed by atoms with E-state index in [1.807, 2.05) is 36.4 Å². The number of carbonyl (C=O) groups is 1. The lowest BCUT2D eigenvalue weighted by Gasteiger charge is -2.18. The van der Waals surface area contributed by atoms with E-state index in [1.165, 1.54) is 5.69 Å². The van der Waals surface area contributed by atoms with Crippen molar-refractivity contribution in [3.8, 4) is 11.4 Å². The lowest BCUT2D eigenvalue weighted by molar-refractivity contribution is -0.121. The van der Waals surface area contributed by atoms with Crippen LogP contribution in [0.25, 0.3) is 11.4 Å². The Balaban J connectivity index is 1.20. The highest BCUT2D eigenvalue weighted by Crippen LogP contribution is 2.23. The molecule has 0 saturated carbocycles. The van der Waals surface area contributed by atoms with E-state index in [2.05, 4.69) is 44.6 Å². The number of hydrogen-bond acceptors (Lipinski definition) is 5. The minimum absolute atomic E-state index is 0.0256. The number of para-hydroxylation sites is 1. The van der Waals surface area contributed by atoms with E-state index in [4.69, 9.17) is 4.52 Å². The number of amides is 1. The third kappa shape index (κ3) is 4.57. The van der Waals surface area contributed by atoms with E-state index in [0.29, 0.717) is 37.0 Å². The molecule has 1 saturated heterocycles. The molecular weight excluding hydrogens is 352 g/mol. The molecule has 1 atom stereocenters. The lowest BCUT2D eigenvalue weighted by atomic mass is 10.1. The maximum absolute atomic E-state index is 12.2. The van der Waals surface area contributed by atoms with Crippen LogP contribution in [-0.4, -0.2) is 35.7 Å². The van der Waals surface area contributed by atoms with Crippen molar-refractivity contribution < 1.29 is 9.32 Å². The monoisotopic (exact) mass is 376 g/mol. The Hall–Kier alpha value is -3.15. The van der Waals surface area contributed by atoms with Gasteiger partial charge in [0.25, 0.3) is 0 Å². The molecule has 0 bridgehead atoms. The van der Waals surface area contributed by atoms with E-state index in [-0.39, 0.29) is 5.91 Å². The van der Waals surface area contributed by atoms with Crippen LogP contribution in [0.4, 0.5) is 5.69 Å². The summed E-state index contributed by atoms with van der Waals surface area (Å²) in [5, 5.41) is 7.04. The van der Waals surface area contributed by atoms with E-state index in [0.717, 1.165) is 25.1 Å². The molecule has 1 aromatic heterocycles. The SMILES string of the molecule is O=C(CCc1nc(-c2ccccc2)no1)NCC1CCN(c2ccccc2)C1. The van der Waals surface area contributed by atoms with Crippen LogP contribution >= 0.6 is 0 Å². The maximum Gasteiger partial charge on any atom is 0.227 e. The van der Waals surface area contributed by atoms with E-state index in [9.17, 15) is 4.79 Å². The Morgan fingerprint density at radius 2 is 1.86 bits per heavy atom. The van der Waals surface area contributed by atoms with Gasteiger partial charge in [0.2, 0.25) is 17.6 Å². The molecule has 1 fully saturated rings. The van der Waals surface area contributed by atoms with Crippen LogP contribution in [0.3, 0.4) is 0 Å². The second kappa shape index (κ2) is 8.69. The van der Waals surface area contributed by atoms with E-state index >= 15 is 0 Å². The number of rotatable bonds is 7. The standard InChI is InChI=1S/C22H24N4O2/c27-20(11-12-21-24-22(25-28-21)18-7-3-1-4-8-18)23-15-17-13-14-26(16-17)19-9-5-2-6-10-19/h1-10,17H,11-16H2,(H,23,27). The van der Waals surface area contributed by atoms with Gasteiger partial charge in [-0.15, -0.1) is 0 Å². The average molecular weight is 376 g/mol. The third-order valence-corrected chi connectivity index (χ3v) is 5.06. The largest absolute Gasteiger partial charge is 0.371 e. The van der Waals surface area contributed by atoms with Crippen molar-refractivity contribution in [2.24, 2.45) is 5.92 Å². The highest BCUT2D eigenvalue weighted by atomic mass is 16.5. The molecule has 6 heteroatoms. The Morgan fingerprint density at radius 1 is 1.11 bits per heavy atom. The van der Waals surface area contributed by atoms with Crippen LogP contribution in [-0.2, 0) is 11.2 Å². The van der Waals surface area contributed by atoms with Gasteiger partial charge in [-0.05, 0) is 24.5 Å². The van der Waals surface area contributed by atoms with E-state index in [1.54, 1.807) is 0 Å². The fourth-order valence-corrected chi connectivity index (χ4v) is 3.50. The van der Waals surface area contributed by atoms with Crippen molar-refractivity contribution in [2.75, 3.05) is 24.5 Å². The van der Waals surface area contributed by atoms with Crippen LogP contribution in [0.1, 0.15) is 18.7 Å². The molecule has 1 N–H and O–H groups in total. The van der Waals surface area contributed by atoms with Gasteiger partial charge in [-0.1, -0.05) is 53.7 Å². The summed E-state index contributed by atoms with van der Waals surface area (Å²) >= 11 is 0. The molecule has 4 rings (SSSR count). The third-order valence-electron chi connectivity index (χ3n) is 5.06. The van der Waals surface area contributed by atoms with Gasteiger partial charge in [-0.3, -0.25) is 4.79 Å². The predicted molar refractivity (Wildman–Crippen MR) is 108 cm³/mol. The maximum atomic E-state index is 12.2. The first-order valence-electron chi connectivity index (χ1n) is 9.72. The fraction of sp³-hybridized carbons (Fsp3) is 0.318. The minimum atomic E-state index is 0.0256. The van der Waals surface area contributed by atoms with Gasteiger partial charge in [0.05, 0.1) is 0 Å². The van der Waals surface area contributed by atoms with Crippen molar-refractivity contribution in [1.29, 1.82) is 0 Å². The molecule has 28 heavy (non-hydrogen) atoms. The smallest absolute Gasteiger partial charge is 0.227 e. The number of aromatic nitrogens is 2. The molecule has 3 aromatic rings. The Bertz CT molecular complexity index is 895. The van der Waals surface area contributed by atoms with Gasteiger partial charge in [0.1, 0.15) is 0 Å². The molecule has 0 radical (unpaired) electrons. The number of benzene rings is 2. The number of anilines is 1. The predicted octanol–water partition coefficient (Wildman–Crippen LogP) is 3.31. The quantitative estimate of drug-likeness (QED) is 0.685.